The van der Waals surface area contributed by atoms with E-state index in [4.69, 9.17) is 0 Å². The molecule has 2 fully saturated rings. The number of nitrogens with one attached hydrogen (secondary N) is 1. The van der Waals surface area contributed by atoms with Crippen molar-refractivity contribution in [1.82, 2.24) is 19.4 Å². The fourth-order valence-corrected chi connectivity index (χ4v) is 5.79. The molecule has 184 valence electrons. The molecule has 5 rings (SSSR count). The molecule has 2 aromatic heterocycles. The predicted molar refractivity (Wildman–Crippen MR) is 137 cm³/mol. The molecule has 35 heavy (non-hydrogen) atoms. The first kappa shape index (κ1) is 23.5. The van der Waals surface area contributed by atoms with E-state index in [0.29, 0.717) is 21.9 Å². The number of benzene rings is 1. The van der Waals surface area contributed by atoms with Gasteiger partial charge in [-0.15, -0.1) is 0 Å². The van der Waals surface area contributed by atoms with Crippen molar-refractivity contribution in [1.29, 1.82) is 0 Å². The van der Waals surface area contributed by atoms with Crippen LogP contribution in [0.5, 0.6) is 0 Å². The van der Waals surface area contributed by atoms with Crippen molar-refractivity contribution in [3.63, 3.8) is 0 Å². The number of aryl methyl sites for hydroxylation is 1. The molecule has 9 nitrogen and oxygen atoms in total. The SMILES string of the molecule is Cc1ccc(NC(=O)Cn2cnc3nc(N4CCC(C(=O)N5CCCCC5)CC4)sc3c2=O)cc1. The summed E-state index contributed by atoms with van der Waals surface area (Å²) in [5, 5.41) is 3.55. The Morgan fingerprint density at radius 3 is 2.49 bits per heavy atom. The fraction of sp³-hybridized carbons (Fsp3) is 0.480. The number of hydrogen-bond acceptors (Lipinski definition) is 7. The molecule has 0 saturated carbocycles. The Morgan fingerprint density at radius 1 is 1.06 bits per heavy atom. The molecule has 0 bridgehead atoms. The van der Waals surface area contributed by atoms with Crippen LogP contribution >= 0.6 is 11.3 Å². The van der Waals surface area contributed by atoms with Crippen molar-refractivity contribution in [3.8, 4) is 0 Å². The smallest absolute Gasteiger partial charge is 0.273 e. The first-order chi connectivity index (χ1) is 17.0. The predicted octanol–water partition coefficient (Wildman–Crippen LogP) is 3.03. The summed E-state index contributed by atoms with van der Waals surface area (Å²) in [5.41, 5.74) is 1.92. The van der Waals surface area contributed by atoms with Gasteiger partial charge in [-0.05, 0) is 51.2 Å². The summed E-state index contributed by atoms with van der Waals surface area (Å²) < 4.78 is 1.76. The molecule has 2 aliphatic heterocycles. The van der Waals surface area contributed by atoms with Crippen molar-refractivity contribution in [2.75, 3.05) is 36.4 Å². The Hall–Kier alpha value is -3.27. The summed E-state index contributed by atoms with van der Waals surface area (Å²) in [7, 11) is 0. The molecule has 0 radical (unpaired) electrons. The molecule has 0 unspecified atom stereocenters. The zero-order chi connectivity index (χ0) is 24.4. The molecule has 0 spiro atoms. The van der Waals surface area contributed by atoms with Gasteiger partial charge in [-0.1, -0.05) is 29.0 Å². The summed E-state index contributed by atoms with van der Waals surface area (Å²) in [6, 6.07) is 7.49. The first-order valence-electron chi connectivity index (χ1n) is 12.2. The zero-order valence-corrected chi connectivity index (χ0v) is 20.7. The number of fused-ring (bicyclic) bond motifs is 1. The third-order valence-electron chi connectivity index (χ3n) is 6.80. The maximum atomic E-state index is 13.0. The Balaban J connectivity index is 1.23. The molecule has 4 heterocycles. The van der Waals surface area contributed by atoms with Crippen molar-refractivity contribution in [2.45, 2.75) is 45.6 Å². The number of aromatic nitrogens is 3. The Kier molecular flexibility index (Phi) is 6.81. The highest BCUT2D eigenvalue weighted by Crippen LogP contribution is 2.30. The van der Waals surface area contributed by atoms with Crippen LogP contribution in [0.25, 0.3) is 10.3 Å². The van der Waals surface area contributed by atoms with E-state index in [2.05, 4.69) is 20.2 Å². The summed E-state index contributed by atoms with van der Waals surface area (Å²) in [5.74, 6) is 0.0746. The second kappa shape index (κ2) is 10.2. The lowest BCUT2D eigenvalue weighted by molar-refractivity contribution is -0.137. The van der Waals surface area contributed by atoms with Crippen LogP contribution in [0.4, 0.5) is 10.8 Å². The number of anilines is 2. The van der Waals surface area contributed by atoms with Crippen molar-refractivity contribution >= 4 is 44.3 Å². The van der Waals surface area contributed by atoms with E-state index in [1.807, 2.05) is 36.1 Å². The molecule has 0 aliphatic carbocycles. The maximum absolute atomic E-state index is 13.0. The number of thiazole rings is 1. The topological polar surface area (TPSA) is 100 Å². The quantitative estimate of drug-likeness (QED) is 0.585. The molecular weight excluding hydrogens is 464 g/mol. The van der Waals surface area contributed by atoms with E-state index in [1.54, 1.807) is 0 Å². The number of rotatable bonds is 5. The highest BCUT2D eigenvalue weighted by molar-refractivity contribution is 7.22. The average Bonchev–Trinajstić information content (AvgIpc) is 3.33. The average molecular weight is 495 g/mol. The Morgan fingerprint density at radius 2 is 1.77 bits per heavy atom. The van der Waals surface area contributed by atoms with Crippen LogP contribution in [0, 0.1) is 12.8 Å². The largest absolute Gasteiger partial charge is 0.348 e. The Bertz CT molecular complexity index is 1270. The molecule has 1 aromatic carbocycles. The van der Waals surface area contributed by atoms with Gasteiger partial charge < -0.3 is 15.1 Å². The molecule has 10 heteroatoms. The number of nitrogens with zero attached hydrogens (tertiary/aromatic N) is 5. The minimum absolute atomic E-state index is 0.0705. The van der Waals surface area contributed by atoms with E-state index in [-0.39, 0.29) is 23.9 Å². The van der Waals surface area contributed by atoms with Crippen LogP contribution in [0.2, 0.25) is 0 Å². The molecule has 2 amide bonds. The number of carbonyl (C=O) groups is 2. The lowest BCUT2D eigenvalue weighted by Crippen LogP contribution is -2.44. The summed E-state index contributed by atoms with van der Waals surface area (Å²) >= 11 is 1.31. The van der Waals surface area contributed by atoms with Crippen LogP contribution in [-0.2, 0) is 16.1 Å². The number of piperidine rings is 2. The highest BCUT2D eigenvalue weighted by Gasteiger charge is 2.30. The third-order valence-corrected chi connectivity index (χ3v) is 7.90. The number of likely N-dealkylation sites (tertiary alicyclic amines) is 1. The van der Waals surface area contributed by atoms with Crippen LogP contribution in [0.1, 0.15) is 37.7 Å². The first-order valence-corrected chi connectivity index (χ1v) is 13.1. The number of carbonyl (C=O) groups excluding carboxylic acids is 2. The van der Waals surface area contributed by atoms with Gasteiger partial charge in [0.15, 0.2) is 10.8 Å². The van der Waals surface area contributed by atoms with Gasteiger partial charge in [0.25, 0.3) is 5.56 Å². The second-order valence-electron chi connectivity index (χ2n) is 9.39. The lowest BCUT2D eigenvalue weighted by atomic mass is 9.94. The minimum atomic E-state index is -0.290. The van der Waals surface area contributed by atoms with Crippen LogP contribution < -0.4 is 15.8 Å². The highest BCUT2D eigenvalue weighted by atomic mass is 32.1. The van der Waals surface area contributed by atoms with E-state index < -0.39 is 0 Å². The molecule has 0 atom stereocenters. The lowest BCUT2D eigenvalue weighted by Gasteiger charge is -2.35. The molecule has 2 aliphatic rings. The summed E-state index contributed by atoms with van der Waals surface area (Å²) in [6.07, 6.45) is 6.40. The van der Waals surface area contributed by atoms with E-state index in [0.717, 1.165) is 62.6 Å². The van der Waals surface area contributed by atoms with E-state index in [1.165, 1.54) is 28.7 Å². The molecule has 1 N–H and O–H groups in total. The Labute approximate surface area is 207 Å². The van der Waals surface area contributed by atoms with Crippen molar-refractivity contribution in [3.05, 3.63) is 46.5 Å². The third kappa shape index (κ3) is 5.22. The van der Waals surface area contributed by atoms with E-state index >= 15 is 0 Å². The van der Waals surface area contributed by atoms with Gasteiger partial charge in [0.05, 0.1) is 0 Å². The normalized spacial score (nSPS) is 17.1. The van der Waals surface area contributed by atoms with Crippen LogP contribution in [0.15, 0.2) is 35.4 Å². The summed E-state index contributed by atoms with van der Waals surface area (Å²) in [6.45, 7) is 5.10. The van der Waals surface area contributed by atoms with Gasteiger partial charge in [-0.3, -0.25) is 19.0 Å². The summed E-state index contributed by atoms with van der Waals surface area (Å²) in [4.78, 5) is 51.4. The van der Waals surface area contributed by atoms with E-state index in [9.17, 15) is 14.4 Å². The van der Waals surface area contributed by atoms with Crippen LogP contribution in [-0.4, -0.2) is 57.4 Å². The minimum Gasteiger partial charge on any atom is -0.348 e. The number of hydrogen-bond donors (Lipinski definition) is 1. The molecule has 2 saturated heterocycles. The van der Waals surface area contributed by atoms with Gasteiger partial charge in [0.1, 0.15) is 17.6 Å². The van der Waals surface area contributed by atoms with Gasteiger partial charge in [-0.25, -0.2) is 4.98 Å². The number of amides is 2. The molecular formula is C25H30N6O3S. The van der Waals surface area contributed by atoms with Gasteiger partial charge in [0, 0.05) is 37.8 Å². The standard InChI is InChI=1S/C25H30N6O3S/c1-17-5-7-19(8-6-17)27-20(32)15-31-16-26-22-21(24(31)34)35-25(28-22)30-13-9-18(10-14-30)23(33)29-11-3-2-4-12-29/h5-8,16,18H,2-4,9-15H2,1H3,(H,27,32). The fourth-order valence-electron chi connectivity index (χ4n) is 4.77. The van der Waals surface area contributed by atoms with Crippen molar-refractivity contribution in [2.24, 2.45) is 5.92 Å². The molecule has 3 aromatic rings. The van der Waals surface area contributed by atoms with Crippen molar-refractivity contribution < 1.29 is 9.59 Å². The van der Waals surface area contributed by atoms with Gasteiger partial charge in [0.2, 0.25) is 11.8 Å². The monoisotopic (exact) mass is 494 g/mol. The zero-order valence-electron chi connectivity index (χ0n) is 19.9. The van der Waals surface area contributed by atoms with Gasteiger partial charge >= 0.3 is 0 Å². The second-order valence-corrected chi connectivity index (χ2v) is 10.4. The van der Waals surface area contributed by atoms with Crippen LogP contribution in [0.3, 0.4) is 0 Å². The van der Waals surface area contributed by atoms with Gasteiger partial charge in [-0.2, -0.15) is 4.98 Å². The maximum Gasteiger partial charge on any atom is 0.273 e.